The van der Waals surface area contributed by atoms with Crippen molar-refractivity contribution in [2.45, 2.75) is 4.90 Å². The van der Waals surface area contributed by atoms with Gasteiger partial charge in [0.2, 0.25) is 0 Å². The Kier molecular flexibility index (Phi) is 2.56. The topological polar surface area (TPSA) is 17.1 Å². The van der Waals surface area contributed by atoms with Gasteiger partial charge in [-0.1, -0.05) is 0 Å². The second kappa shape index (κ2) is 3.71. The van der Waals surface area contributed by atoms with Crippen molar-refractivity contribution in [2.24, 2.45) is 0 Å². The lowest BCUT2D eigenvalue weighted by Gasteiger charge is -1.94. The van der Waals surface area contributed by atoms with Crippen LogP contribution in [-0.4, -0.2) is 12.5 Å². The van der Waals surface area contributed by atoms with Crippen LogP contribution >= 0.6 is 23.1 Å². The van der Waals surface area contributed by atoms with Crippen LogP contribution in [0.25, 0.3) is 10.1 Å². The van der Waals surface area contributed by atoms with Crippen LogP contribution in [-0.2, 0) is 0 Å². The molecule has 1 heterocycles. The number of thioether (sulfide) groups is 1. The smallest absolute Gasteiger partial charge is 0.161 e. The fourth-order valence-electron chi connectivity index (χ4n) is 1.35. The van der Waals surface area contributed by atoms with E-state index in [9.17, 15) is 9.18 Å². The lowest BCUT2D eigenvalue weighted by atomic mass is 10.2. The molecule has 4 heteroatoms. The molecule has 0 N–H and O–H groups in total. The van der Waals surface area contributed by atoms with Crippen LogP contribution in [0.1, 0.15) is 9.67 Å². The maximum absolute atomic E-state index is 13.0. The van der Waals surface area contributed by atoms with E-state index in [1.54, 1.807) is 6.07 Å². The zero-order valence-electron chi connectivity index (χ0n) is 7.41. The molecule has 2 rings (SSSR count). The summed E-state index contributed by atoms with van der Waals surface area (Å²) >= 11 is 2.88. The number of halogens is 1. The summed E-state index contributed by atoms with van der Waals surface area (Å²) in [5, 5.41) is 0.838. The molecular weight excluding hydrogens is 219 g/mol. The second-order valence-corrected chi connectivity index (χ2v) is 4.66. The zero-order chi connectivity index (χ0) is 10.1. The molecule has 0 saturated carbocycles. The number of thiophene rings is 1. The molecule has 0 radical (unpaired) electrons. The Morgan fingerprint density at radius 2 is 2.29 bits per heavy atom. The number of carbonyl (C=O) groups excluding carboxylic acids is 1. The minimum Gasteiger partial charge on any atom is -0.297 e. The van der Waals surface area contributed by atoms with Gasteiger partial charge < -0.3 is 0 Å². The number of hydrogen-bond acceptors (Lipinski definition) is 3. The lowest BCUT2D eigenvalue weighted by molar-refractivity contribution is 0.112. The molecule has 0 unspecified atom stereocenters. The van der Waals surface area contributed by atoms with Crippen molar-refractivity contribution in [3.8, 4) is 0 Å². The van der Waals surface area contributed by atoms with Gasteiger partial charge in [0, 0.05) is 15.0 Å². The van der Waals surface area contributed by atoms with Gasteiger partial charge in [-0.3, -0.25) is 4.79 Å². The summed E-state index contributed by atoms with van der Waals surface area (Å²) in [7, 11) is 0. The standard InChI is InChI=1S/C10H7FOS2/c1-13-10-7-4-6(11)2-3-8(7)14-9(10)5-12/h2-5H,1H3. The lowest BCUT2D eigenvalue weighted by Crippen LogP contribution is -1.76. The number of hydrogen-bond donors (Lipinski definition) is 0. The van der Waals surface area contributed by atoms with Crippen LogP contribution in [0.4, 0.5) is 4.39 Å². The van der Waals surface area contributed by atoms with Gasteiger partial charge in [0.15, 0.2) is 6.29 Å². The molecule has 0 aliphatic rings. The first-order valence-electron chi connectivity index (χ1n) is 3.97. The van der Waals surface area contributed by atoms with E-state index in [-0.39, 0.29) is 5.82 Å². The second-order valence-electron chi connectivity index (χ2n) is 2.76. The van der Waals surface area contributed by atoms with E-state index in [4.69, 9.17) is 0 Å². The molecule has 0 spiro atoms. The Bertz CT molecular complexity index is 490. The third kappa shape index (κ3) is 1.44. The van der Waals surface area contributed by atoms with Crippen molar-refractivity contribution in [1.82, 2.24) is 0 Å². The van der Waals surface area contributed by atoms with Crippen molar-refractivity contribution in [3.05, 3.63) is 28.9 Å². The molecule has 2 aromatic rings. The van der Waals surface area contributed by atoms with Crippen molar-refractivity contribution >= 4 is 39.5 Å². The van der Waals surface area contributed by atoms with Crippen molar-refractivity contribution in [3.63, 3.8) is 0 Å². The Morgan fingerprint density at radius 1 is 1.50 bits per heavy atom. The Balaban J connectivity index is 2.81. The predicted molar refractivity (Wildman–Crippen MR) is 59.0 cm³/mol. The largest absolute Gasteiger partial charge is 0.297 e. The summed E-state index contributed by atoms with van der Waals surface area (Å²) < 4.78 is 13.9. The molecule has 0 atom stereocenters. The van der Waals surface area contributed by atoms with Gasteiger partial charge in [0.1, 0.15) is 5.82 Å². The highest BCUT2D eigenvalue weighted by molar-refractivity contribution is 7.99. The highest BCUT2D eigenvalue weighted by atomic mass is 32.2. The number of rotatable bonds is 2. The normalized spacial score (nSPS) is 10.7. The van der Waals surface area contributed by atoms with E-state index < -0.39 is 0 Å². The van der Waals surface area contributed by atoms with Crippen LogP contribution in [0.2, 0.25) is 0 Å². The summed E-state index contributed by atoms with van der Waals surface area (Å²) in [5.74, 6) is -0.261. The van der Waals surface area contributed by atoms with Crippen molar-refractivity contribution < 1.29 is 9.18 Å². The highest BCUT2D eigenvalue weighted by Gasteiger charge is 2.10. The predicted octanol–water partition coefficient (Wildman–Crippen LogP) is 3.57. The maximum Gasteiger partial charge on any atom is 0.161 e. The summed E-state index contributed by atoms with van der Waals surface area (Å²) in [6.07, 6.45) is 2.72. The molecule has 14 heavy (non-hydrogen) atoms. The molecule has 1 aromatic heterocycles. The first kappa shape index (κ1) is 9.68. The Hall–Kier alpha value is -0.870. The first-order valence-corrected chi connectivity index (χ1v) is 6.01. The number of carbonyl (C=O) groups is 1. The SMILES string of the molecule is CSc1c(C=O)sc2ccc(F)cc12. The molecule has 0 amide bonds. The van der Waals surface area contributed by atoms with Gasteiger partial charge >= 0.3 is 0 Å². The van der Waals surface area contributed by atoms with Gasteiger partial charge in [0.25, 0.3) is 0 Å². The highest BCUT2D eigenvalue weighted by Crippen LogP contribution is 2.36. The minimum absolute atomic E-state index is 0.261. The van der Waals surface area contributed by atoms with Crippen molar-refractivity contribution in [1.29, 1.82) is 0 Å². The molecular formula is C10H7FOS2. The van der Waals surface area contributed by atoms with Crippen LogP contribution in [0.5, 0.6) is 0 Å². The zero-order valence-corrected chi connectivity index (χ0v) is 9.05. The molecule has 0 aliphatic heterocycles. The number of fused-ring (bicyclic) bond motifs is 1. The minimum atomic E-state index is -0.261. The molecule has 0 bridgehead atoms. The first-order chi connectivity index (χ1) is 6.76. The van der Waals surface area contributed by atoms with Gasteiger partial charge in [-0.25, -0.2) is 4.39 Å². The van der Waals surface area contributed by atoms with E-state index >= 15 is 0 Å². The summed E-state index contributed by atoms with van der Waals surface area (Å²) in [6.45, 7) is 0. The quantitative estimate of drug-likeness (QED) is 0.575. The summed E-state index contributed by atoms with van der Waals surface area (Å²) in [5.41, 5.74) is 0. The van der Waals surface area contributed by atoms with Crippen LogP contribution in [0, 0.1) is 5.82 Å². The van der Waals surface area contributed by atoms with Crippen LogP contribution in [0.15, 0.2) is 23.1 Å². The fraction of sp³-hybridized carbons (Fsp3) is 0.100. The summed E-state index contributed by atoms with van der Waals surface area (Å²) in [4.78, 5) is 12.3. The third-order valence-corrected chi connectivity index (χ3v) is 4.01. The van der Waals surface area contributed by atoms with Crippen molar-refractivity contribution in [2.75, 3.05) is 6.26 Å². The molecule has 0 saturated heterocycles. The maximum atomic E-state index is 13.0. The Labute approximate surface area is 88.9 Å². The average Bonchev–Trinajstić information content (AvgIpc) is 2.54. The van der Waals surface area contributed by atoms with Gasteiger partial charge in [0.05, 0.1) is 4.88 Å². The van der Waals surface area contributed by atoms with Gasteiger partial charge in [-0.15, -0.1) is 23.1 Å². The molecule has 72 valence electrons. The van der Waals surface area contributed by atoms with E-state index in [0.29, 0.717) is 4.88 Å². The molecule has 0 aliphatic carbocycles. The van der Waals surface area contributed by atoms with E-state index in [1.165, 1.54) is 35.2 Å². The monoisotopic (exact) mass is 226 g/mol. The van der Waals surface area contributed by atoms with E-state index in [1.807, 2.05) is 6.26 Å². The third-order valence-electron chi connectivity index (χ3n) is 1.94. The molecule has 0 fully saturated rings. The number of benzene rings is 1. The molecule has 1 aromatic carbocycles. The van der Waals surface area contributed by atoms with E-state index in [2.05, 4.69) is 0 Å². The van der Waals surface area contributed by atoms with Gasteiger partial charge in [-0.2, -0.15) is 0 Å². The van der Waals surface area contributed by atoms with Crippen LogP contribution in [0.3, 0.4) is 0 Å². The average molecular weight is 226 g/mol. The van der Waals surface area contributed by atoms with E-state index in [0.717, 1.165) is 21.3 Å². The molecule has 1 nitrogen and oxygen atoms in total. The van der Waals surface area contributed by atoms with Crippen LogP contribution < -0.4 is 0 Å². The Morgan fingerprint density at radius 3 is 2.93 bits per heavy atom. The summed E-state index contributed by atoms with van der Waals surface area (Å²) in [6, 6.07) is 4.60. The fourth-order valence-corrected chi connectivity index (χ4v) is 3.33. The van der Waals surface area contributed by atoms with Gasteiger partial charge in [-0.05, 0) is 24.5 Å². The number of aldehydes is 1.